The molecular weight excluding hydrogens is 348 g/mol. The van der Waals surface area contributed by atoms with E-state index >= 15 is 0 Å². The predicted octanol–water partition coefficient (Wildman–Crippen LogP) is 4.17. The van der Waals surface area contributed by atoms with Crippen molar-refractivity contribution in [1.82, 2.24) is 14.9 Å². The van der Waals surface area contributed by atoms with E-state index in [2.05, 4.69) is 15.3 Å². The van der Waals surface area contributed by atoms with Gasteiger partial charge in [-0.1, -0.05) is 30.3 Å². The summed E-state index contributed by atoms with van der Waals surface area (Å²) >= 11 is 5.27. The van der Waals surface area contributed by atoms with Crippen molar-refractivity contribution < 1.29 is 9.47 Å². The lowest BCUT2D eigenvalue weighted by Gasteiger charge is -2.03. The number of H-pyrrole nitrogens is 1. The van der Waals surface area contributed by atoms with Crippen LogP contribution in [0.2, 0.25) is 0 Å². The molecule has 0 aliphatic heterocycles. The highest BCUT2D eigenvalue weighted by atomic mass is 32.1. The fraction of sp³-hybridized carbons (Fsp3) is 0.105. The molecule has 0 fully saturated rings. The van der Waals surface area contributed by atoms with E-state index in [0.29, 0.717) is 10.6 Å². The van der Waals surface area contributed by atoms with Crippen molar-refractivity contribution in [2.45, 2.75) is 0 Å². The van der Waals surface area contributed by atoms with Crippen molar-refractivity contribution in [1.29, 1.82) is 0 Å². The third-order valence-corrected chi connectivity index (χ3v) is 3.93. The highest BCUT2D eigenvalue weighted by molar-refractivity contribution is 7.71. The molecule has 0 atom stereocenters. The molecule has 6 nitrogen and oxygen atoms in total. The molecule has 0 saturated heterocycles. The van der Waals surface area contributed by atoms with Crippen LogP contribution < -0.4 is 9.47 Å². The smallest absolute Gasteiger partial charge is 0.216 e. The average Bonchev–Trinajstić information content (AvgIpc) is 3.06. The summed E-state index contributed by atoms with van der Waals surface area (Å²) in [6.45, 7) is 0. The number of allylic oxidation sites excluding steroid dienone is 1. The normalized spacial score (nSPS) is 11.3. The summed E-state index contributed by atoms with van der Waals surface area (Å²) in [6.07, 6.45) is 5.39. The van der Waals surface area contributed by atoms with Gasteiger partial charge in [-0.2, -0.15) is 14.9 Å². The van der Waals surface area contributed by atoms with Crippen molar-refractivity contribution in [2.75, 3.05) is 14.2 Å². The van der Waals surface area contributed by atoms with Gasteiger partial charge in [0.25, 0.3) is 0 Å². The van der Waals surface area contributed by atoms with Gasteiger partial charge < -0.3 is 9.47 Å². The van der Waals surface area contributed by atoms with Gasteiger partial charge in [0.1, 0.15) is 11.5 Å². The van der Waals surface area contributed by atoms with Gasteiger partial charge in [-0.15, -0.1) is 0 Å². The summed E-state index contributed by atoms with van der Waals surface area (Å²) in [5, 5.41) is 11.4. The third kappa shape index (κ3) is 3.89. The second kappa shape index (κ2) is 8.26. The van der Waals surface area contributed by atoms with Gasteiger partial charge in [0.15, 0.2) is 5.82 Å². The van der Waals surface area contributed by atoms with Crippen molar-refractivity contribution >= 4 is 24.5 Å². The Morgan fingerprint density at radius 3 is 2.77 bits per heavy atom. The van der Waals surface area contributed by atoms with Gasteiger partial charge in [0.05, 0.1) is 14.2 Å². The molecule has 0 radical (unpaired) electrons. The Bertz CT molecular complexity index is 1000. The van der Waals surface area contributed by atoms with Gasteiger partial charge >= 0.3 is 0 Å². The van der Waals surface area contributed by atoms with E-state index in [0.717, 1.165) is 22.6 Å². The van der Waals surface area contributed by atoms with Gasteiger partial charge in [-0.3, -0.25) is 0 Å². The summed E-state index contributed by atoms with van der Waals surface area (Å²) in [7, 11) is 3.27. The molecule has 0 bridgehead atoms. The number of hydrogen-bond acceptors (Lipinski definition) is 5. The second-order valence-electron chi connectivity index (χ2n) is 5.26. The first-order valence-electron chi connectivity index (χ1n) is 7.89. The van der Waals surface area contributed by atoms with Crippen LogP contribution in [-0.4, -0.2) is 35.3 Å². The van der Waals surface area contributed by atoms with Crippen LogP contribution in [0.5, 0.6) is 11.5 Å². The number of para-hydroxylation sites is 1. The zero-order chi connectivity index (χ0) is 18.4. The number of aromatic nitrogens is 3. The number of aromatic amines is 1. The van der Waals surface area contributed by atoms with Gasteiger partial charge in [0.2, 0.25) is 4.77 Å². The topological polar surface area (TPSA) is 64.4 Å². The van der Waals surface area contributed by atoms with E-state index in [-0.39, 0.29) is 0 Å². The molecule has 26 heavy (non-hydrogen) atoms. The molecule has 0 aliphatic carbocycles. The van der Waals surface area contributed by atoms with Crippen LogP contribution in [0.3, 0.4) is 0 Å². The van der Waals surface area contributed by atoms with E-state index in [1.165, 1.54) is 0 Å². The highest BCUT2D eigenvalue weighted by Crippen LogP contribution is 2.22. The van der Waals surface area contributed by atoms with Crippen LogP contribution in [0.4, 0.5) is 0 Å². The Morgan fingerprint density at radius 1 is 1.12 bits per heavy atom. The quantitative estimate of drug-likeness (QED) is 0.525. The van der Waals surface area contributed by atoms with Crippen LogP contribution in [0.1, 0.15) is 5.56 Å². The molecule has 7 heteroatoms. The number of ether oxygens (including phenoxy) is 2. The van der Waals surface area contributed by atoms with Crippen molar-refractivity contribution in [3.05, 3.63) is 64.9 Å². The van der Waals surface area contributed by atoms with Crippen LogP contribution >= 0.6 is 12.2 Å². The monoisotopic (exact) mass is 366 g/mol. The number of rotatable bonds is 6. The lowest BCUT2D eigenvalue weighted by molar-refractivity contribution is 0.414. The Hall–Kier alpha value is -3.19. The fourth-order valence-electron chi connectivity index (χ4n) is 2.40. The predicted molar refractivity (Wildman–Crippen MR) is 105 cm³/mol. The standard InChI is InChI=1S/C19H18N4O2S/c1-24-16-10-5-8-15(13-16)18-21-22-19(26)23(18)20-12-6-9-14-7-3-4-11-17(14)25-2/h3-13H,1-2H3,(H,22,26)/b9-6+,20-12+. The number of hydrogen-bond donors (Lipinski definition) is 1. The van der Waals surface area contributed by atoms with Crippen LogP contribution in [0.25, 0.3) is 17.5 Å². The molecule has 132 valence electrons. The van der Waals surface area contributed by atoms with E-state index in [1.54, 1.807) is 25.1 Å². The number of benzene rings is 2. The first kappa shape index (κ1) is 17.6. The third-order valence-electron chi connectivity index (χ3n) is 3.66. The minimum atomic E-state index is 0.407. The number of methoxy groups -OCH3 is 2. The van der Waals surface area contributed by atoms with E-state index < -0.39 is 0 Å². The van der Waals surface area contributed by atoms with Gasteiger partial charge in [-0.05, 0) is 42.6 Å². The van der Waals surface area contributed by atoms with Crippen molar-refractivity contribution in [3.63, 3.8) is 0 Å². The Morgan fingerprint density at radius 2 is 1.96 bits per heavy atom. The zero-order valence-corrected chi connectivity index (χ0v) is 15.2. The molecule has 0 aliphatic rings. The zero-order valence-electron chi connectivity index (χ0n) is 14.4. The number of nitrogens with zero attached hydrogens (tertiary/aromatic N) is 3. The van der Waals surface area contributed by atoms with Gasteiger partial charge in [0, 0.05) is 17.3 Å². The highest BCUT2D eigenvalue weighted by Gasteiger charge is 2.08. The second-order valence-corrected chi connectivity index (χ2v) is 5.65. The maximum atomic E-state index is 5.32. The molecule has 3 rings (SSSR count). The van der Waals surface area contributed by atoms with Crippen molar-refractivity contribution in [2.24, 2.45) is 5.10 Å². The molecular formula is C19H18N4O2S. The molecule has 1 heterocycles. The van der Waals surface area contributed by atoms with Crippen LogP contribution in [-0.2, 0) is 0 Å². The fourth-order valence-corrected chi connectivity index (χ4v) is 2.58. The molecule has 0 amide bonds. The number of nitrogens with one attached hydrogen (secondary N) is 1. The van der Waals surface area contributed by atoms with E-state index in [9.17, 15) is 0 Å². The Labute approximate surface area is 156 Å². The molecule has 0 saturated carbocycles. The largest absolute Gasteiger partial charge is 0.497 e. The van der Waals surface area contributed by atoms with Crippen molar-refractivity contribution in [3.8, 4) is 22.9 Å². The van der Waals surface area contributed by atoms with E-state index in [1.807, 2.05) is 60.7 Å². The summed E-state index contributed by atoms with van der Waals surface area (Å²) in [4.78, 5) is 0. The minimum Gasteiger partial charge on any atom is -0.497 e. The molecule has 0 unspecified atom stereocenters. The SMILES string of the molecule is COc1cccc(-c2n[nH]c(=S)n2/N=C/C=C/c2ccccc2OC)c1. The first-order valence-corrected chi connectivity index (χ1v) is 8.29. The molecule has 0 spiro atoms. The maximum absolute atomic E-state index is 5.32. The average molecular weight is 366 g/mol. The van der Waals surface area contributed by atoms with E-state index in [4.69, 9.17) is 21.7 Å². The summed E-state index contributed by atoms with van der Waals surface area (Å²) in [5.41, 5.74) is 1.81. The first-order chi connectivity index (χ1) is 12.7. The molecule has 2 aromatic carbocycles. The summed E-state index contributed by atoms with van der Waals surface area (Å²) in [6, 6.07) is 15.3. The Balaban J connectivity index is 1.86. The summed E-state index contributed by atoms with van der Waals surface area (Å²) in [5.74, 6) is 2.15. The lowest BCUT2D eigenvalue weighted by atomic mass is 10.2. The van der Waals surface area contributed by atoms with Crippen LogP contribution in [0.15, 0.2) is 59.7 Å². The lowest BCUT2D eigenvalue weighted by Crippen LogP contribution is -1.94. The molecule has 3 aromatic rings. The Kier molecular flexibility index (Phi) is 5.60. The van der Waals surface area contributed by atoms with Gasteiger partial charge in [-0.25, -0.2) is 5.10 Å². The maximum Gasteiger partial charge on any atom is 0.216 e. The van der Waals surface area contributed by atoms with Crippen LogP contribution in [0, 0.1) is 4.77 Å². The summed E-state index contributed by atoms with van der Waals surface area (Å²) < 4.78 is 12.6. The molecule has 1 N–H and O–H groups in total. The minimum absolute atomic E-state index is 0.407. The molecule has 1 aromatic heterocycles.